The van der Waals surface area contributed by atoms with Crippen LogP contribution in [0.15, 0.2) is 22.7 Å². The largest absolute Gasteiger partial charge is 0.298 e. The van der Waals surface area contributed by atoms with Crippen LogP contribution in [0.4, 0.5) is 5.69 Å². The lowest BCUT2D eigenvalue weighted by Gasteiger charge is -1.94. The van der Waals surface area contributed by atoms with Crippen molar-refractivity contribution in [2.24, 2.45) is 0 Å². The number of aldehydes is 1. The van der Waals surface area contributed by atoms with Crippen LogP contribution in [0, 0.1) is 10.1 Å². The Hall–Kier alpha value is -1.23. The van der Waals surface area contributed by atoms with E-state index in [9.17, 15) is 14.9 Å². The van der Waals surface area contributed by atoms with Gasteiger partial charge in [-0.3, -0.25) is 14.9 Å². The predicted molar refractivity (Wildman–Crippen MR) is 57.5 cm³/mol. The van der Waals surface area contributed by atoms with Crippen LogP contribution in [0.25, 0.3) is 0 Å². The molecule has 0 unspecified atom stereocenters. The normalized spacial score (nSPS) is 8.50. The number of carbonyl (C=O) groups excluding carboxylic acids is 1. The molecule has 0 aliphatic heterocycles. The second-order valence-corrected chi connectivity index (χ2v) is 2.99. The van der Waals surface area contributed by atoms with Crippen molar-refractivity contribution in [2.75, 3.05) is 0 Å². The van der Waals surface area contributed by atoms with Crippen molar-refractivity contribution in [3.63, 3.8) is 0 Å². The summed E-state index contributed by atoms with van der Waals surface area (Å²) in [5.74, 6) is 0. The monoisotopic (exact) mass is 259 g/mol. The first-order valence-corrected chi connectivity index (χ1v) is 4.83. The van der Waals surface area contributed by atoms with Crippen LogP contribution in [-0.2, 0) is 0 Å². The Balaban J connectivity index is 0.000000791. The van der Waals surface area contributed by atoms with Gasteiger partial charge in [0, 0.05) is 10.5 Å². The second-order valence-electron chi connectivity index (χ2n) is 2.08. The minimum Gasteiger partial charge on any atom is -0.298 e. The molecule has 0 N–H and O–H groups in total. The van der Waals surface area contributed by atoms with Gasteiger partial charge in [-0.15, -0.1) is 0 Å². The summed E-state index contributed by atoms with van der Waals surface area (Å²) in [6, 6.07) is 4.27. The van der Waals surface area contributed by atoms with Gasteiger partial charge >= 0.3 is 0 Å². The van der Waals surface area contributed by atoms with Gasteiger partial charge in [0.15, 0.2) is 6.29 Å². The van der Waals surface area contributed by atoms with E-state index in [2.05, 4.69) is 15.9 Å². The summed E-state index contributed by atoms with van der Waals surface area (Å²) in [6.07, 6.45) is 0.463. The van der Waals surface area contributed by atoms with Crippen molar-refractivity contribution in [3.05, 3.63) is 38.3 Å². The Morgan fingerprint density at radius 1 is 1.43 bits per heavy atom. The van der Waals surface area contributed by atoms with Gasteiger partial charge in [-0.2, -0.15) is 0 Å². The Morgan fingerprint density at radius 3 is 2.43 bits per heavy atom. The molecule has 0 saturated carbocycles. The van der Waals surface area contributed by atoms with Gasteiger partial charge in [-0.05, 0) is 12.1 Å². The lowest BCUT2D eigenvalue weighted by atomic mass is 10.2. The molecule has 0 spiro atoms. The van der Waals surface area contributed by atoms with Crippen LogP contribution in [0.3, 0.4) is 0 Å². The lowest BCUT2D eigenvalue weighted by molar-refractivity contribution is -0.385. The van der Waals surface area contributed by atoms with E-state index in [1.165, 1.54) is 12.1 Å². The highest BCUT2D eigenvalue weighted by Gasteiger charge is 2.12. The first kappa shape index (κ1) is 12.8. The van der Waals surface area contributed by atoms with Gasteiger partial charge in [0.2, 0.25) is 0 Å². The molecule has 14 heavy (non-hydrogen) atoms. The maximum absolute atomic E-state index is 10.4. The molecule has 1 rings (SSSR count). The molecule has 4 nitrogen and oxygen atoms in total. The average molecular weight is 260 g/mol. The number of nitrogens with zero attached hydrogens (tertiary/aromatic N) is 1. The third-order valence-corrected chi connectivity index (χ3v) is 1.81. The Kier molecular flexibility index (Phi) is 5.71. The van der Waals surface area contributed by atoms with E-state index in [0.717, 1.165) is 0 Å². The molecular weight excluding hydrogens is 250 g/mol. The minimum atomic E-state index is -0.589. The van der Waals surface area contributed by atoms with Gasteiger partial charge in [-0.1, -0.05) is 29.8 Å². The van der Waals surface area contributed by atoms with Crippen LogP contribution in [0.1, 0.15) is 24.2 Å². The van der Waals surface area contributed by atoms with E-state index >= 15 is 0 Å². The summed E-state index contributed by atoms with van der Waals surface area (Å²) in [4.78, 5) is 20.1. The number of rotatable bonds is 2. The summed E-state index contributed by atoms with van der Waals surface area (Å²) in [7, 11) is 0. The minimum absolute atomic E-state index is 0.0863. The maximum atomic E-state index is 10.4. The Morgan fingerprint density at radius 2 is 2.00 bits per heavy atom. The highest BCUT2D eigenvalue weighted by Crippen LogP contribution is 2.21. The molecule has 0 aliphatic carbocycles. The van der Waals surface area contributed by atoms with E-state index in [1.54, 1.807) is 6.07 Å². The van der Waals surface area contributed by atoms with E-state index in [-0.39, 0.29) is 11.3 Å². The summed E-state index contributed by atoms with van der Waals surface area (Å²) in [6.45, 7) is 4.00. The van der Waals surface area contributed by atoms with Gasteiger partial charge in [0.05, 0.1) is 10.5 Å². The average Bonchev–Trinajstić information content (AvgIpc) is 2.20. The zero-order valence-electron chi connectivity index (χ0n) is 7.86. The Labute approximate surface area is 90.2 Å². The highest BCUT2D eigenvalue weighted by atomic mass is 79.9. The van der Waals surface area contributed by atoms with Crippen LogP contribution < -0.4 is 0 Å². The molecule has 0 bridgehead atoms. The number of hydrogen-bond donors (Lipinski definition) is 0. The maximum Gasteiger partial charge on any atom is 0.281 e. The molecule has 76 valence electrons. The van der Waals surface area contributed by atoms with E-state index in [0.29, 0.717) is 10.8 Å². The highest BCUT2D eigenvalue weighted by molar-refractivity contribution is 9.10. The topological polar surface area (TPSA) is 60.2 Å². The molecule has 5 heteroatoms. The van der Waals surface area contributed by atoms with Gasteiger partial charge in [0.1, 0.15) is 0 Å². The lowest BCUT2D eigenvalue weighted by Crippen LogP contribution is -1.93. The van der Waals surface area contributed by atoms with Gasteiger partial charge in [-0.25, -0.2) is 0 Å². The van der Waals surface area contributed by atoms with Gasteiger partial charge < -0.3 is 0 Å². The molecule has 0 aliphatic rings. The second kappa shape index (κ2) is 6.26. The first-order valence-electron chi connectivity index (χ1n) is 4.04. The third kappa shape index (κ3) is 3.26. The van der Waals surface area contributed by atoms with Gasteiger partial charge in [0.25, 0.3) is 5.69 Å². The summed E-state index contributed by atoms with van der Waals surface area (Å²) < 4.78 is 0.583. The smallest absolute Gasteiger partial charge is 0.281 e. The Bertz CT molecular complexity index is 339. The fourth-order valence-electron chi connectivity index (χ4n) is 0.775. The summed E-state index contributed by atoms with van der Waals surface area (Å²) >= 11 is 3.07. The molecule has 0 saturated heterocycles. The van der Waals surface area contributed by atoms with Crippen molar-refractivity contribution in [3.8, 4) is 0 Å². The van der Waals surface area contributed by atoms with E-state index in [4.69, 9.17) is 0 Å². The standard InChI is InChI=1S/C7H4BrNO3.C2H6/c8-6-2-1-5(4-10)7(3-6)9(11)12;1-2/h1-4H;1-2H3. The molecule has 1 aromatic carbocycles. The van der Waals surface area contributed by atoms with Crippen LogP contribution in [0.5, 0.6) is 0 Å². The fraction of sp³-hybridized carbons (Fsp3) is 0.222. The molecule has 0 aromatic heterocycles. The molecular formula is C9H10BrNO3. The van der Waals surface area contributed by atoms with Crippen molar-refractivity contribution in [1.82, 2.24) is 0 Å². The van der Waals surface area contributed by atoms with Crippen molar-refractivity contribution in [2.45, 2.75) is 13.8 Å². The molecule has 0 amide bonds. The van der Waals surface area contributed by atoms with Crippen molar-refractivity contribution in [1.29, 1.82) is 0 Å². The number of benzene rings is 1. The quantitative estimate of drug-likeness (QED) is 0.466. The molecule has 0 atom stereocenters. The SMILES string of the molecule is CC.O=Cc1ccc(Br)cc1[N+](=O)[O-]. The molecule has 0 fully saturated rings. The fourth-order valence-corrected chi connectivity index (χ4v) is 1.12. The van der Waals surface area contributed by atoms with E-state index in [1.807, 2.05) is 13.8 Å². The number of hydrogen-bond acceptors (Lipinski definition) is 3. The molecule has 0 heterocycles. The number of halogens is 1. The van der Waals surface area contributed by atoms with Crippen LogP contribution in [0.2, 0.25) is 0 Å². The molecule has 1 aromatic rings. The summed E-state index contributed by atoms with van der Waals surface area (Å²) in [5, 5.41) is 10.4. The first-order chi connectivity index (χ1) is 6.65. The number of nitro benzene ring substituents is 1. The van der Waals surface area contributed by atoms with Crippen molar-refractivity contribution >= 4 is 27.9 Å². The predicted octanol–water partition coefficient (Wildman–Crippen LogP) is 3.20. The van der Waals surface area contributed by atoms with E-state index < -0.39 is 4.92 Å². The third-order valence-electron chi connectivity index (χ3n) is 1.32. The molecule has 0 radical (unpaired) electrons. The summed E-state index contributed by atoms with van der Waals surface area (Å²) in [5.41, 5.74) is -0.0948. The number of nitro groups is 1. The van der Waals surface area contributed by atoms with Crippen LogP contribution in [-0.4, -0.2) is 11.2 Å². The van der Waals surface area contributed by atoms with Crippen LogP contribution >= 0.6 is 15.9 Å². The van der Waals surface area contributed by atoms with Crippen molar-refractivity contribution < 1.29 is 9.72 Å². The number of carbonyl (C=O) groups is 1. The zero-order valence-corrected chi connectivity index (χ0v) is 9.45. The zero-order chi connectivity index (χ0) is 11.1.